The van der Waals surface area contributed by atoms with Crippen molar-refractivity contribution in [3.8, 4) is 11.5 Å². The van der Waals surface area contributed by atoms with E-state index in [2.05, 4.69) is 0 Å². The van der Waals surface area contributed by atoms with Gasteiger partial charge < -0.3 is 14.2 Å². The zero-order valence-corrected chi connectivity index (χ0v) is 10.8. The van der Waals surface area contributed by atoms with E-state index < -0.39 is 16.5 Å². The van der Waals surface area contributed by atoms with Gasteiger partial charge in [-0.25, -0.2) is 4.79 Å². The van der Waals surface area contributed by atoms with Crippen LogP contribution in [0.2, 0.25) is 0 Å². The van der Waals surface area contributed by atoms with Crippen LogP contribution in [0.25, 0.3) is 0 Å². The van der Waals surface area contributed by atoms with Crippen molar-refractivity contribution in [2.75, 3.05) is 13.2 Å². The van der Waals surface area contributed by atoms with Gasteiger partial charge in [-0.2, -0.15) is 0 Å². The topological polar surface area (TPSA) is 87.9 Å². The molecule has 1 aromatic rings. The number of esters is 1. The van der Waals surface area contributed by atoms with E-state index >= 15 is 0 Å². The predicted octanol–water partition coefficient (Wildman–Crippen LogP) is 1.55. The van der Waals surface area contributed by atoms with Crippen molar-refractivity contribution >= 4 is 5.97 Å². The molecule has 0 saturated heterocycles. The third-order valence-corrected chi connectivity index (χ3v) is 2.67. The third-order valence-electron chi connectivity index (χ3n) is 2.67. The minimum Gasteiger partial charge on any atom is -0.484 e. The van der Waals surface area contributed by atoms with E-state index in [0.29, 0.717) is 17.7 Å². The molecule has 0 aliphatic carbocycles. The Morgan fingerprint density at radius 3 is 2.85 bits per heavy atom. The highest BCUT2D eigenvalue weighted by Crippen LogP contribution is 2.36. The van der Waals surface area contributed by atoms with E-state index in [0.717, 1.165) is 6.08 Å². The maximum atomic E-state index is 12.0. The molecular weight excluding hydrogens is 266 g/mol. The van der Waals surface area contributed by atoms with E-state index in [-0.39, 0.29) is 13.2 Å². The molecule has 1 aliphatic heterocycles. The number of rotatable bonds is 4. The zero-order chi connectivity index (χ0) is 14.6. The van der Waals surface area contributed by atoms with Crippen LogP contribution in [0.5, 0.6) is 11.5 Å². The lowest BCUT2D eigenvalue weighted by atomic mass is 10.0. The fourth-order valence-electron chi connectivity index (χ4n) is 1.75. The number of fused-ring (bicyclic) bond motifs is 1. The quantitative estimate of drug-likeness (QED) is 0.472. The number of nitrogens with zero attached hydrogens (tertiary/aromatic N) is 1. The van der Waals surface area contributed by atoms with Gasteiger partial charge in [-0.3, -0.25) is 10.1 Å². The van der Waals surface area contributed by atoms with Crippen LogP contribution in [0, 0.1) is 10.1 Å². The summed E-state index contributed by atoms with van der Waals surface area (Å²) >= 11 is 0. The van der Waals surface area contributed by atoms with E-state index in [1.165, 1.54) is 0 Å². The van der Waals surface area contributed by atoms with Gasteiger partial charge in [-0.05, 0) is 19.1 Å². The van der Waals surface area contributed by atoms with Gasteiger partial charge in [0.05, 0.1) is 11.5 Å². The van der Waals surface area contributed by atoms with Crippen LogP contribution >= 0.6 is 0 Å². The first-order valence-corrected chi connectivity index (χ1v) is 5.98. The number of hydrogen-bond acceptors (Lipinski definition) is 6. The molecular formula is C13H13NO6. The Balaban J connectivity index is 2.34. The first kappa shape index (κ1) is 13.9. The Morgan fingerprint density at radius 1 is 1.50 bits per heavy atom. The lowest BCUT2D eigenvalue weighted by Crippen LogP contribution is -2.51. The highest BCUT2D eigenvalue weighted by molar-refractivity contribution is 5.83. The molecule has 1 heterocycles. The standard InChI is InChI=1S/C13H13NO6/c1-2-18-12(15)13(7-8-14(16)17)9-19-10-5-3-4-6-11(10)20-13/h3-8H,2,9H2,1H3/t13-/m1/s1. The van der Waals surface area contributed by atoms with Crippen molar-refractivity contribution in [2.45, 2.75) is 12.5 Å². The summed E-state index contributed by atoms with van der Waals surface area (Å²) in [6, 6.07) is 6.76. The van der Waals surface area contributed by atoms with Crippen LogP contribution in [0.15, 0.2) is 36.5 Å². The number of carbonyl (C=O) groups excluding carboxylic acids is 1. The van der Waals surface area contributed by atoms with Crippen molar-refractivity contribution in [1.29, 1.82) is 0 Å². The number of benzene rings is 1. The summed E-state index contributed by atoms with van der Waals surface area (Å²) in [4.78, 5) is 21.8. The van der Waals surface area contributed by atoms with Crippen molar-refractivity contribution in [3.63, 3.8) is 0 Å². The lowest BCUT2D eigenvalue weighted by molar-refractivity contribution is -0.403. The molecule has 0 saturated carbocycles. The van der Waals surface area contributed by atoms with Crippen LogP contribution in [0.4, 0.5) is 0 Å². The van der Waals surface area contributed by atoms with Crippen molar-refractivity contribution < 1.29 is 23.9 Å². The van der Waals surface area contributed by atoms with Gasteiger partial charge in [0.1, 0.15) is 6.61 Å². The summed E-state index contributed by atoms with van der Waals surface area (Å²) in [5.74, 6) is 0.0781. The normalized spacial score (nSPS) is 20.6. The minimum absolute atomic E-state index is 0.137. The van der Waals surface area contributed by atoms with Crippen molar-refractivity contribution in [1.82, 2.24) is 0 Å². The van der Waals surface area contributed by atoms with Gasteiger partial charge in [0.25, 0.3) is 5.60 Å². The Morgan fingerprint density at radius 2 is 2.20 bits per heavy atom. The maximum absolute atomic E-state index is 12.0. The first-order chi connectivity index (χ1) is 9.57. The summed E-state index contributed by atoms with van der Waals surface area (Å²) in [5.41, 5.74) is -1.64. The van der Waals surface area contributed by atoms with Gasteiger partial charge >= 0.3 is 5.97 Å². The highest BCUT2D eigenvalue weighted by Gasteiger charge is 2.45. The van der Waals surface area contributed by atoms with Gasteiger partial charge in [0.15, 0.2) is 11.5 Å². The fourth-order valence-corrected chi connectivity index (χ4v) is 1.75. The van der Waals surface area contributed by atoms with Crippen molar-refractivity contribution in [3.05, 3.63) is 46.7 Å². The van der Waals surface area contributed by atoms with Crippen LogP contribution in [0.3, 0.4) is 0 Å². The lowest BCUT2D eigenvalue weighted by Gasteiger charge is -2.33. The Kier molecular flexibility index (Phi) is 3.88. The molecule has 7 heteroatoms. The molecule has 20 heavy (non-hydrogen) atoms. The molecule has 2 rings (SSSR count). The largest absolute Gasteiger partial charge is 0.484 e. The molecule has 0 aromatic heterocycles. The Hall–Kier alpha value is -2.57. The Bertz CT molecular complexity index is 556. The minimum atomic E-state index is -1.64. The average Bonchev–Trinajstić information content (AvgIpc) is 2.45. The molecule has 0 radical (unpaired) electrons. The summed E-state index contributed by atoms with van der Waals surface area (Å²) < 4.78 is 15.9. The van der Waals surface area contributed by atoms with Gasteiger partial charge in [0, 0.05) is 6.08 Å². The van der Waals surface area contributed by atoms with E-state index in [4.69, 9.17) is 14.2 Å². The molecule has 0 amide bonds. The molecule has 1 aliphatic rings. The molecule has 0 bridgehead atoms. The van der Waals surface area contributed by atoms with E-state index in [1.807, 2.05) is 0 Å². The van der Waals surface area contributed by atoms with Gasteiger partial charge in [-0.15, -0.1) is 0 Å². The molecule has 1 aromatic carbocycles. The Labute approximate surface area is 114 Å². The van der Waals surface area contributed by atoms with Crippen molar-refractivity contribution in [2.24, 2.45) is 0 Å². The summed E-state index contributed by atoms with van der Waals surface area (Å²) in [6.45, 7) is 1.59. The van der Waals surface area contributed by atoms with E-state index in [9.17, 15) is 14.9 Å². The smallest absolute Gasteiger partial charge is 0.358 e. The fraction of sp³-hybridized carbons (Fsp3) is 0.308. The second-order valence-corrected chi connectivity index (χ2v) is 4.05. The molecule has 0 unspecified atom stereocenters. The van der Waals surface area contributed by atoms with Crippen LogP contribution in [-0.2, 0) is 9.53 Å². The first-order valence-electron chi connectivity index (χ1n) is 5.98. The summed E-state index contributed by atoms with van der Waals surface area (Å²) in [7, 11) is 0. The molecule has 0 spiro atoms. The maximum Gasteiger partial charge on any atom is 0.358 e. The molecule has 0 fully saturated rings. The second-order valence-electron chi connectivity index (χ2n) is 4.05. The predicted molar refractivity (Wildman–Crippen MR) is 68.1 cm³/mol. The average molecular weight is 279 g/mol. The summed E-state index contributed by atoms with van der Waals surface area (Å²) in [5, 5.41) is 10.5. The zero-order valence-electron chi connectivity index (χ0n) is 10.8. The monoisotopic (exact) mass is 279 g/mol. The van der Waals surface area contributed by atoms with Crippen LogP contribution in [-0.4, -0.2) is 29.7 Å². The number of carbonyl (C=O) groups is 1. The molecule has 106 valence electrons. The summed E-state index contributed by atoms with van der Waals surface area (Å²) in [6.07, 6.45) is 1.69. The van der Waals surface area contributed by atoms with Gasteiger partial charge in [-0.1, -0.05) is 12.1 Å². The SMILES string of the molecule is CCOC(=O)[C@@]1(C=C[N+](=O)[O-])COc2ccccc2O1. The third kappa shape index (κ3) is 2.71. The molecule has 0 N–H and O–H groups in total. The van der Waals surface area contributed by atoms with E-state index in [1.54, 1.807) is 31.2 Å². The number of ether oxygens (including phenoxy) is 3. The van der Waals surface area contributed by atoms with Crippen LogP contribution in [0.1, 0.15) is 6.92 Å². The second kappa shape index (κ2) is 5.60. The number of para-hydroxylation sites is 2. The number of nitro groups is 1. The van der Waals surface area contributed by atoms with Crippen LogP contribution < -0.4 is 9.47 Å². The molecule has 7 nitrogen and oxygen atoms in total. The highest BCUT2D eigenvalue weighted by atomic mass is 16.6. The molecule has 1 atom stereocenters. The number of hydrogen-bond donors (Lipinski definition) is 0. The van der Waals surface area contributed by atoms with Gasteiger partial charge in [0.2, 0.25) is 6.20 Å².